The van der Waals surface area contributed by atoms with E-state index in [0.717, 1.165) is 16.8 Å². The van der Waals surface area contributed by atoms with Gasteiger partial charge in [0.2, 0.25) is 0 Å². The lowest BCUT2D eigenvalue weighted by molar-refractivity contribution is 1.19. The van der Waals surface area contributed by atoms with Crippen molar-refractivity contribution < 1.29 is 0 Å². The van der Waals surface area contributed by atoms with Crippen LogP contribution in [0.4, 0.5) is 0 Å². The minimum absolute atomic E-state index is 0.671. The van der Waals surface area contributed by atoms with Gasteiger partial charge in [-0.1, -0.05) is 6.07 Å². The first-order chi connectivity index (χ1) is 8.40. The molecule has 0 fully saturated rings. The van der Waals surface area contributed by atoms with E-state index < -0.39 is 0 Å². The van der Waals surface area contributed by atoms with Gasteiger partial charge in [-0.15, -0.1) is 0 Å². The van der Waals surface area contributed by atoms with Gasteiger partial charge in [0.15, 0.2) is 0 Å². The fourth-order valence-electron chi connectivity index (χ4n) is 2.01. The molecule has 3 aromatic heterocycles. The van der Waals surface area contributed by atoms with Crippen molar-refractivity contribution >= 4 is 5.52 Å². The van der Waals surface area contributed by atoms with Crippen LogP contribution < -0.4 is 0 Å². The summed E-state index contributed by atoms with van der Waals surface area (Å²) in [6.07, 6.45) is 5.46. The summed E-state index contributed by atoms with van der Waals surface area (Å²) < 4.78 is 2.01. The average Bonchev–Trinajstić information content (AvgIpc) is 2.78. The van der Waals surface area contributed by atoms with Crippen LogP contribution in [0.1, 0.15) is 5.56 Å². The molecule has 3 heterocycles. The van der Waals surface area contributed by atoms with E-state index in [-0.39, 0.29) is 0 Å². The summed E-state index contributed by atoms with van der Waals surface area (Å²) in [6, 6.07) is 13.9. The van der Waals surface area contributed by atoms with Crippen LogP contribution in [0.3, 0.4) is 0 Å². The molecule has 0 aromatic carbocycles. The third-order valence-electron chi connectivity index (χ3n) is 2.74. The molecule has 0 saturated heterocycles. The molecule has 3 rings (SSSR count). The predicted octanol–water partition coefficient (Wildman–Crippen LogP) is 2.87. The monoisotopic (exact) mass is 219 g/mol. The number of pyridine rings is 2. The Morgan fingerprint density at radius 3 is 2.88 bits per heavy atom. The maximum atomic E-state index is 9.20. The summed E-state index contributed by atoms with van der Waals surface area (Å²) in [5.74, 6) is 0. The minimum atomic E-state index is 0.671. The predicted molar refractivity (Wildman–Crippen MR) is 65.3 cm³/mol. The quantitative estimate of drug-likeness (QED) is 0.631. The molecule has 0 radical (unpaired) electrons. The maximum Gasteiger partial charge on any atom is 0.101 e. The van der Waals surface area contributed by atoms with Crippen LogP contribution in [-0.2, 0) is 0 Å². The Morgan fingerprint density at radius 1 is 1.18 bits per heavy atom. The summed E-state index contributed by atoms with van der Waals surface area (Å²) >= 11 is 0. The fourth-order valence-corrected chi connectivity index (χ4v) is 2.01. The third kappa shape index (κ3) is 1.47. The minimum Gasteiger partial charge on any atom is -0.315 e. The summed E-state index contributed by atoms with van der Waals surface area (Å²) in [5, 5.41) is 9.20. The molecule has 17 heavy (non-hydrogen) atoms. The maximum absolute atomic E-state index is 9.20. The second-order valence-corrected chi connectivity index (χ2v) is 3.76. The molecule has 0 unspecified atom stereocenters. The highest BCUT2D eigenvalue weighted by atomic mass is 14.9. The molecule has 3 aromatic rings. The highest BCUT2D eigenvalue weighted by Gasteiger charge is 2.11. The molecule has 0 aliphatic carbocycles. The average molecular weight is 219 g/mol. The van der Waals surface area contributed by atoms with Gasteiger partial charge in [-0.05, 0) is 30.3 Å². The lowest BCUT2D eigenvalue weighted by atomic mass is 10.1. The summed E-state index contributed by atoms with van der Waals surface area (Å²) in [4.78, 5) is 4.10. The van der Waals surface area contributed by atoms with Crippen LogP contribution in [0.2, 0.25) is 0 Å². The van der Waals surface area contributed by atoms with Gasteiger partial charge in [0, 0.05) is 29.7 Å². The largest absolute Gasteiger partial charge is 0.315 e. The van der Waals surface area contributed by atoms with Gasteiger partial charge >= 0.3 is 0 Å². The fraction of sp³-hybridized carbons (Fsp3) is 0. The molecule has 0 bridgehead atoms. The Bertz CT molecular complexity index is 705. The molecule has 0 spiro atoms. The highest BCUT2D eigenvalue weighted by Crippen LogP contribution is 2.26. The molecule has 0 amide bonds. The molecule has 80 valence electrons. The SMILES string of the molecule is N#Cc1cc2ccccn2c1-c1cccnc1. The molecular weight excluding hydrogens is 210 g/mol. The van der Waals surface area contributed by atoms with E-state index in [1.165, 1.54) is 0 Å². The Morgan fingerprint density at radius 2 is 2.12 bits per heavy atom. The van der Waals surface area contributed by atoms with Crippen LogP contribution in [-0.4, -0.2) is 9.38 Å². The van der Waals surface area contributed by atoms with Crippen LogP contribution in [0.25, 0.3) is 16.8 Å². The number of hydrogen-bond acceptors (Lipinski definition) is 2. The molecule has 0 saturated carbocycles. The molecule has 0 aliphatic rings. The zero-order valence-electron chi connectivity index (χ0n) is 9.04. The number of nitriles is 1. The number of aromatic nitrogens is 2. The Kier molecular flexibility index (Phi) is 2.13. The van der Waals surface area contributed by atoms with Gasteiger partial charge in [-0.2, -0.15) is 5.26 Å². The van der Waals surface area contributed by atoms with Crippen molar-refractivity contribution in [3.8, 4) is 17.3 Å². The van der Waals surface area contributed by atoms with Crippen molar-refractivity contribution in [3.05, 3.63) is 60.6 Å². The van der Waals surface area contributed by atoms with E-state index in [2.05, 4.69) is 11.1 Å². The first-order valence-corrected chi connectivity index (χ1v) is 5.31. The highest BCUT2D eigenvalue weighted by molar-refractivity contribution is 5.74. The Hall–Kier alpha value is -2.60. The number of hydrogen-bond donors (Lipinski definition) is 0. The van der Waals surface area contributed by atoms with E-state index in [0.29, 0.717) is 5.56 Å². The van der Waals surface area contributed by atoms with Gasteiger partial charge in [0.1, 0.15) is 6.07 Å². The number of fused-ring (bicyclic) bond motifs is 1. The van der Waals surface area contributed by atoms with Crippen molar-refractivity contribution in [1.29, 1.82) is 5.26 Å². The topological polar surface area (TPSA) is 41.1 Å². The second kappa shape index (κ2) is 3.76. The van der Waals surface area contributed by atoms with Gasteiger partial charge in [0.25, 0.3) is 0 Å². The van der Waals surface area contributed by atoms with E-state index in [1.54, 1.807) is 12.4 Å². The van der Waals surface area contributed by atoms with Gasteiger partial charge in [-0.3, -0.25) is 4.98 Å². The van der Waals surface area contributed by atoms with E-state index in [1.807, 2.05) is 47.0 Å². The van der Waals surface area contributed by atoms with E-state index in [4.69, 9.17) is 0 Å². The lowest BCUT2D eigenvalue weighted by Gasteiger charge is -2.02. The van der Waals surface area contributed by atoms with Gasteiger partial charge in [-0.25, -0.2) is 0 Å². The van der Waals surface area contributed by atoms with Crippen molar-refractivity contribution in [2.45, 2.75) is 0 Å². The normalized spacial score (nSPS) is 10.3. The van der Waals surface area contributed by atoms with Gasteiger partial charge in [0.05, 0.1) is 11.3 Å². The van der Waals surface area contributed by atoms with Crippen LogP contribution in [0.5, 0.6) is 0 Å². The third-order valence-corrected chi connectivity index (χ3v) is 2.74. The van der Waals surface area contributed by atoms with Crippen molar-refractivity contribution in [1.82, 2.24) is 9.38 Å². The summed E-state index contributed by atoms with van der Waals surface area (Å²) in [6.45, 7) is 0. The molecule has 3 heteroatoms. The molecular formula is C14H9N3. The van der Waals surface area contributed by atoms with Crippen LogP contribution in [0, 0.1) is 11.3 Å². The standard InChI is InChI=1S/C14H9N3/c15-9-12-8-13-5-1-2-7-17(13)14(12)11-4-3-6-16-10-11/h1-8,10H. The van der Waals surface area contributed by atoms with E-state index >= 15 is 0 Å². The number of nitrogens with zero attached hydrogens (tertiary/aromatic N) is 3. The Labute approximate surface area is 98.6 Å². The van der Waals surface area contributed by atoms with Crippen molar-refractivity contribution in [2.24, 2.45) is 0 Å². The smallest absolute Gasteiger partial charge is 0.101 e. The van der Waals surface area contributed by atoms with Gasteiger partial charge < -0.3 is 4.40 Å². The zero-order valence-corrected chi connectivity index (χ0v) is 9.04. The molecule has 0 aliphatic heterocycles. The van der Waals surface area contributed by atoms with Crippen LogP contribution in [0.15, 0.2) is 55.0 Å². The van der Waals surface area contributed by atoms with Crippen molar-refractivity contribution in [2.75, 3.05) is 0 Å². The second-order valence-electron chi connectivity index (χ2n) is 3.76. The van der Waals surface area contributed by atoms with E-state index in [9.17, 15) is 5.26 Å². The van der Waals surface area contributed by atoms with Crippen LogP contribution >= 0.6 is 0 Å². The summed E-state index contributed by atoms with van der Waals surface area (Å²) in [5.41, 5.74) is 3.54. The lowest BCUT2D eigenvalue weighted by Crippen LogP contribution is -1.89. The Balaban J connectivity index is 2.39. The summed E-state index contributed by atoms with van der Waals surface area (Å²) in [7, 11) is 0. The first kappa shape index (κ1) is 9.61. The number of rotatable bonds is 1. The first-order valence-electron chi connectivity index (χ1n) is 5.31. The molecule has 0 atom stereocenters. The zero-order chi connectivity index (χ0) is 11.7. The molecule has 0 N–H and O–H groups in total. The molecule has 3 nitrogen and oxygen atoms in total. The van der Waals surface area contributed by atoms with Crippen molar-refractivity contribution in [3.63, 3.8) is 0 Å².